The van der Waals surface area contributed by atoms with Crippen LogP contribution in [0, 0.1) is 0 Å². The van der Waals surface area contributed by atoms with Crippen LogP contribution < -0.4 is 0 Å². The Bertz CT molecular complexity index is 530. The van der Waals surface area contributed by atoms with E-state index in [0.717, 1.165) is 15.7 Å². The molecule has 2 aromatic carbocycles. The van der Waals surface area contributed by atoms with Gasteiger partial charge in [0.15, 0.2) is 0 Å². The number of halogens is 3. The lowest BCUT2D eigenvalue weighted by molar-refractivity contribution is 0.464. The first-order chi connectivity index (χ1) is 7.11. The quantitative estimate of drug-likeness (QED) is 0.688. The third-order valence-electron chi connectivity index (χ3n) is 2.03. The molecular weight excluding hydrogens is 366 g/mol. The number of benzene rings is 2. The molecule has 0 aliphatic heterocycles. The third-order valence-corrected chi connectivity index (χ3v) is 4.48. The van der Waals surface area contributed by atoms with Crippen molar-refractivity contribution in [2.75, 3.05) is 0 Å². The van der Waals surface area contributed by atoms with Gasteiger partial charge in [-0.2, -0.15) is 0 Å². The van der Waals surface area contributed by atoms with E-state index < -0.39 is 0 Å². The van der Waals surface area contributed by atoms with Gasteiger partial charge in [-0.1, -0.05) is 23.2 Å². The summed E-state index contributed by atoms with van der Waals surface area (Å²) in [5.41, 5.74) is 0. The summed E-state index contributed by atoms with van der Waals surface area (Å²) in [5, 5.41) is 12.6. The predicted molar refractivity (Wildman–Crippen MR) is 75.5 cm³/mol. The lowest BCUT2D eigenvalue weighted by atomic mass is 10.1. The molecule has 0 atom stereocenters. The fourth-order valence-corrected chi connectivity index (χ4v) is 3.29. The normalized spacial score (nSPS) is 10.9. The molecule has 2 aromatic rings. The van der Waals surface area contributed by atoms with Crippen LogP contribution in [0.5, 0.6) is 5.75 Å². The smallest absolute Gasteiger partial charge is 0.130 e. The van der Waals surface area contributed by atoms with Gasteiger partial charge in [-0.25, -0.2) is 0 Å². The highest BCUT2D eigenvalue weighted by molar-refractivity contribution is 14.2. The number of phenolic OH excluding ortho intramolecular Hbond substituents is 1. The molecule has 0 bridgehead atoms. The van der Waals surface area contributed by atoms with Gasteiger partial charge in [-0.05, 0) is 38.6 Å². The molecule has 78 valence electrons. The molecule has 0 saturated heterocycles. The highest BCUT2D eigenvalue weighted by Gasteiger charge is 2.07. The number of hydrogen-bond donors (Lipinski definition) is 1. The van der Waals surface area contributed by atoms with Gasteiger partial charge in [-0.3, -0.25) is 0 Å². The Kier molecular flexibility index (Phi) is 3.55. The minimum atomic E-state index is 0.242. The van der Waals surface area contributed by atoms with Crippen molar-refractivity contribution in [1.29, 1.82) is 0 Å². The monoisotopic (exact) mass is 370 g/mol. The Morgan fingerprint density at radius 3 is 2.53 bits per heavy atom. The molecule has 0 aromatic heterocycles. The van der Waals surface area contributed by atoms with Gasteiger partial charge in [0.1, 0.15) is 5.75 Å². The van der Waals surface area contributed by atoms with E-state index >= 15 is 0 Å². The van der Waals surface area contributed by atoms with E-state index in [1.807, 2.05) is 12.1 Å². The first-order valence-electron chi connectivity index (χ1n) is 4.02. The topological polar surface area (TPSA) is 20.2 Å². The van der Waals surface area contributed by atoms with Crippen LogP contribution in [0.15, 0.2) is 29.2 Å². The van der Waals surface area contributed by atoms with Gasteiger partial charge in [-0.15, -0.1) is 0 Å². The molecule has 0 fully saturated rings. The Morgan fingerprint density at radius 1 is 1.13 bits per heavy atom. The van der Waals surface area contributed by atoms with Crippen molar-refractivity contribution < 1.29 is 5.11 Å². The summed E-state index contributed by atoms with van der Waals surface area (Å²) in [6.45, 7) is 0. The van der Waals surface area contributed by atoms with Crippen molar-refractivity contribution in [1.82, 2.24) is 0 Å². The minimum Gasteiger partial charge on any atom is -0.507 e. The van der Waals surface area contributed by atoms with Crippen LogP contribution in [0.2, 0.25) is 10.0 Å². The molecule has 0 radical (unpaired) electrons. The van der Waals surface area contributed by atoms with Crippen LogP contribution in [0.1, 0.15) is 0 Å². The van der Waals surface area contributed by atoms with Crippen molar-refractivity contribution in [2.45, 2.75) is 4.90 Å². The molecule has 5 heteroatoms. The molecule has 0 unspecified atom stereocenters. The third kappa shape index (κ3) is 2.30. The van der Waals surface area contributed by atoms with E-state index in [9.17, 15) is 5.11 Å². The Balaban J connectivity index is 2.81. The Hall–Kier alpha value is 0.160. The second-order valence-corrected chi connectivity index (χ2v) is 5.76. The molecule has 0 saturated carbocycles. The summed E-state index contributed by atoms with van der Waals surface area (Å²) < 4.78 is 0. The van der Waals surface area contributed by atoms with E-state index in [1.54, 1.807) is 12.1 Å². The summed E-state index contributed by atoms with van der Waals surface area (Å²) in [4.78, 5) is 0.807. The summed E-state index contributed by atoms with van der Waals surface area (Å²) in [5.74, 6) is 0.242. The average Bonchev–Trinajstić information content (AvgIpc) is 2.18. The zero-order valence-corrected chi connectivity index (χ0v) is 11.8. The van der Waals surface area contributed by atoms with Crippen molar-refractivity contribution in [3.05, 3.63) is 34.3 Å². The molecule has 1 N–H and O–H groups in total. The van der Waals surface area contributed by atoms with Crippen molar-refractivity contribution >= 4 is 64.1 Å². The summed E-state index contributed by atoms with van der Waals surface area (Å²) in [6, 6.07) is 7.04. The minimum absolute atomic E-state index is 0.242. The molecule has 0 amide bonds. The van der Waals surface area contributed by atoms with E-state index in [4.69, 9.17) is 23.2 Å². The van der Waals surface area contributed by atoms with Crippen molar-refractivity contribution in [2.24, 2.45) is 0 Å². The molecule has 0 spiro atoms. The van der Waals surface area contributed by atoms with Crippen molar-refractivity contribution in [3.63, 3.8) is 0 Å². The highest BCUT2D eigenvalue weighted by Crippen LogP contribution is 2.39. The zero-order valence-electron chi connectivity index (χ0n) is 7.30. The van der Waals surface area contributed by atoms with E-state index in [1.165, 1.54) is 8.93 Å². The maximum absolute atomic E-state index is 9.69. The van der Waals surface area contributed by atoms with Gasteiger partial charge in [0, 0.05) is 31.6 Å². The standard InChI is InChI=1S/C10H5Cl2IOS/c11-6-1-5-2-10(15-13)9(14)4-7(5)8(12)3-6/h1-4,14H. The maximum Gasteiger partial charge on any atom is 0.130 e. The molecule has 2 rings (SSSR count). The number of rotatable bonds is 1. The molecule has 0 aliphatic carbocycles. The Morgan fingerprint density at radius 2 is 1.87 bits per heavy atom. The Labute approximate surface area is 113 Å². The van der Waals surface area contributed by atoms with Gasteiger partial charge < -0.3 is 5.11 Å². The fourth-order valence-electron chi connectivity index (χ4n) is 1.36. The molecule has 0 heterocycles. The van der Waals surface area contributed by atoms with Crippen LogP contribution in [0.3, 0.4) is 0 Å². The number of aromatic hydroxyl groups is 1. The van der Waals surface area contributed by atoms with Gasteiger partial charge in [0.2, 0.25) is 0 Å². The SMILES string of the molecule is Oc1cc2c(Cl)cc(Cl)cc2cc1SI. The largest absolute Gasteiger partial charge is 0.507 e. The average molecular weight is 371 g/mol. The summed E-state index contributed by atoms with van der Waals surface area (Å²) in [6.07, 6.45) is 0. The molecular formula is C10H5Cl2IOS. The predicted octanol–water partition coefficient (Wildman–Crippen LogP) is 5.29. The van der Waals surface area contributed by atoms with Crippen LogP contribution in [0.25, 0.3) is 10.8 Å². The first-order valence-corrected chi connectivity index (χ1v) is 8.13. The van der Waals surface area contributed by atoms with E-state index in [-0.39, 0.29) is 5.75 Å². The highest BCUT2D eigenvalue weighted by atomic mass is 127. The van der Waals surface area contributed by atoms with E-state index in [2.05, 4.69) is 21.2 Å². The molecule has 1 nitrogen and oxygen atoms in total. The van der Waals surface area contributed by atoms with Gasteiger partial charge in [0.05, 0.1) is 9.92 Å². The number of fused-ring (bicyclic) bond motifs is 1. The first kappa shape index (κ1) is 11.6. The summed E-state index contributed by atoms with van der Waals surface area (Å²) >= 11 is 14.0. The zero-order chi connectivity index (χ0) is 11.0. The van der Waals surface area contributed by atoms with E-state index in [0.29, 0.717) is 10.0 Å². The van der Waals surface area contributed by atoms with Crippen LogP contribution >= 0.6 is 53.3 Å². The lowest BCUT2D eigenvalue weighted by Gasteiger charge is -2.05. The van der Waals surface area contributed by atoms with Gasteiger partial charge in [0.25, 0.3) is 0 Å². The number of hydrogen-bond acceptors (Lipinski definition) is 2. The van der Waals surface area contributed by atoms with Crippen LogP contribution in [-0.4, -0.2) is 5.11 Å². The van der Waals surface area contributed by atoms with Gasteiger partial charge >= 0.3 is 0 Å². The molecule has 15 heavy (non-hydrogen) atoms. The van der Waals surface area contributed by atoms with Crippen LogP contribution in [-0.2, 0) is 0 Å². The molecule has 0 aliphatic rings. The summed E-state index contributed by atoms with van der Waals surface area (Å²) in [7, 11) is 1.46. The second-order valence-electron chi connectivity index (χ2n) is 3.01. The fraction of sp³-hybridized carbons (Fsp3) is 0. The van der Waals surface area contributed by atoms with Crippen molar-refractivity contribution in [3.8, 4) is 5.75 Å². The van der Waals surface area contributed by atoms with Crippen LogP contribution in [0.4, 0.5) is 0 Å². The number of phenols is 1. The lowest BCUT2D eigenvalue weighted by Crippen LogP contribution is -1.78. The maximum atomic E-state index is 9.69. The second kappa shape index (κ2) is 4.57.